The molecule has 4 aromatic rings. The first-order valence-electron chi connectivity index (χ1n) is 13.9. The zero-order valence-electron chi connectivity index (χ0n) is 24.7. The van der Waals surface area contributed by atoms with Crippen molar-refractivity contribution in [2.45, 2.75) is 45.6 Å². The number of Topliss-reactive ketones (excluding diaryl/α,β-unsaturated/α-hetero) is 1. The highest BCUT2D eigenvalue weighted by Crippen LogP contribution is 2.40. The summed E-state index contributed by atoms with van der Waals surface area (Å²) < 4.78 is 11.5. The molecule has 13 nitrogen and oxygen atoms in total. The summed E-state index contributed by atoms with van der Waals surface area (Å²) in [5.74, 6) is 1.74. The van der Waals surface area contributed by atoms with Crippen molar-refractivity contribution in [3.63, 3.8) is 0 Å². The van der Waals surface area contributed by atoms with E-state index in [9.17, 15) is 19.6 Å². The minimum atomic E-state index is -0.522. The van der Waals surface area contributed by atoms with Crippen LogP contribution in [0.5, 0.6) is 11.5 Å². The fourth-order valence-corrected chi connectivity index (χ4v) is 5.27. The van der Waals surface area contributed by atoms with Gasteiger partial charge in [0, 0.05) is 42.6 Å². The van der Waals surface area contributed by atoms with Gasteiger partial charge in [-0.25, -0.2) is 9.89 Å². The Hall–Kier alpha value is -4.91. The molecule has 2 aromatic heterocycles. The van der Waals surface area contributed by atoms with Crippen LogP contribution in [-0.4, -0.2) is 79.8 Å². The number of nitrogens with one attached hydrogen (secondary N) is 2. The van der Waals surface area contributed by atoms with Gasteiger partial charge in [0.1, 0.15) is 17.1 Å². The van der Waals surface area contributed by atoms with Gasteiger partial charge in [0.25, 0.3) is 0 Å². The molecule has 0 bridgehead atoms. The first kappa shape index (κ1) is 31.0. The summed E-state index contributed by atoms with van der Waals surface area (Å²) >= 11 is 0. The number of fused-ring (bicyclic) bond motifs is 1. The van der Waals surface area contributed by atoms with Crippen molar-refractivity contribution in [2.75, 3.05) is 26.7 Å². The Labute approximate surface area is 248 Å². The summed E-state index contributed by atoms with van der Waals surface area (Å²) in [5, 5.41) is 19.1. The van der Waals surface area contributed by atoms with Crippen molar-refractivity contribution < 1.29 is 24.3 Å². The predicted octanol–water partition coefficient (Wildman–Crippen LogP) is 3.10. The number of aryl methyl sites for hydroxylation is 2. The van der Waals surface area contributed by atoms with Crippen LogP contribution in [0.3, 0.4) is 0 Å². The van der Waals surface area contributed by atoms with E-state index < -0.39 is 11.3 Å². The molecule has 2 aliphatic heterocycles. The molecule has 0 aliphatic carbocycles. The first-order valence-corrected chi connectivity index (χ1v) is 13.9. The van der Waals surface area contributed by atoms with Gasteiger partial charge in [-0.2, -0.15) is 5.10 Å². The normalized spacial score (nSPS) is 14.9. The summed E-state index contributed by atoms with van der Waals surface area (Å²) in [4.78, 5) is 39.7. The van der Waals surface area contributed by atoms with Gasteiger partial charge in [-0.15, -0.1) is 9.94 Å². The molecule has 0 saturated carbocycles. The van der Waals surface area contributed by atoms with Crippen LogP contribution in [0.25, 0.3) is 22.5 Å². The molecule has 1 spiro atoms. The molecule has 6 rings (SSSR count). The number of aromatic amines is 2. The van der Waals surface area contributed by atoms with Crippen LogP contribution in [0.1, 0.15) is 47.7 Å². The van der Waals surface area contributed by atoms with Gasteiger partial charge in [-0.05, 0) is 55.8 Å². The van der Waals surface area contributed by atoms with Crippen LogP contribution >= 0.6 is 0 Å². The minimum Gasteiger partial charge on any atom is -0.496 e. The average molecular weight is 592 g/mol. The SMILES string of the molecule is CCN.COc1cc(C)cc(C)c1-c1cnn(O)c1.O=CN1CCC2(CC1)CC(=O)c1cc(-c3n[nH]c(=O)[nH]3)ccc1O2. The highest BCUT2D eigenvalue weighted by Gasteiger charge is 2.42. The Morgan fingerprint density at radius 1 is 1.16 bits per heavy atom. The lowest BCUT2D eigenvalue weighted by Crippen LogP contribution is -2.50. The fourth-order valence-electron chi connectivity index (χ4n) is 5.27. The predicted molar refractivity (Wildman–Crippen MR) is 159 cm³/mol. The third kappa shape index (κ3) is 7.12. The number of carbonyl (C=O) groups excluding carboxylic acids is 2. The van der Waals surface area contributed by atoms with Crippen molar-refractivity contribution in [3.05, 3.63) is 69.9 Å². The Morgan fingerprint density at radius 3 is 2.47 bits per heavy atom. The summed E-state index contributed by atoms with van der Waals surface area (Å²) in [6.45, 7) is 7.88. The maximum atomic E-state index is 12.6. The molecule has 0 atom stereocenters. The largest absolute Gasteiger partial charge is 0.496 e. The van der Waals surface area contributed by atoms with Crippen molar-refractivity contribution in [3.8, 4) is 34.0 Å². The number of ketones is 1. The van der Waals surface area contributed by atoms with E-state index in [2.05, 4.69) is 26.3 Å². The van der Waals surface area contributed by atoms with Crippen LogP contribution in [-0.2, 0) is 4.79 Å². The summed E-state index contributed by atoms with van der Waals surface area (Å²) in [6, 6.07) is 9.24. The Morgan fingerprint density at radius 2 is 1.88 bits per heavy atom. The fraction of sp³-hybridized carbons (Fsp3) is 0.367. The number of nitrogens with two attached hydrogens (primary N) is 1. The molecule has 228 valence electrons. The summed E-state index contributed by atoms with van der Waals surface area (Å²) in [5.41, 5.74) is 9.14. The second kappa shape index (κ2) is 13.4. The number of hydrogen-bond donors (Lipinski definition) is 4. The molecule has 1 fully saturated rings. The van der Waals surface area contributed by atoms with E-state index in [1.54, 1.807) is 42.6 Å². The number of likely N-dealkylation sites (tertiary alicyclic amines) is 1. The number of benzene rings is 2. The van der Waals surface area contributed by atoms with Gasteiger partial charge < -0.3 is 25.3 Å². The van der Waals surface area contributed by atoms with Gasteiger partial charge >= 0.3 is 5.69 Å². The standard InChI is InChI=1S/C16H16N4O4.C12H14N2O2.C2H7N/c21-9-20-5-3-16(4-6-20)8-12(22)11-7-10(1-2-13(11)24-16)14-17-15(23)19-18-14;1-8-4-9(2)12(11(5-8)16-3)10-6-13-14(15)7-10;1-2-3/h1-2,7,9H,3-6,8H2,(H2,17,18,19,23);4-7,15H,1-3H3;2-3H2,1H3. The van der Waals surface area contributed by atoms with E-state index in [1.807, 2.05) is 26.8 Å². The molecule has 43 heavy (non-hydrogen) atoms. The van der Waals surface area contributed by atoms with Crippen molar-refractivity contribution in [2.24, 2.45) is 5.73 Å². The molecule has 0 radical (unpaired) electrons. The van der Waals surface area contributed by atoms with E-state index in [4.69, 9.17) is 15.2 Å². The van der Waals surface area contributed by atoms with Crippen LogP contribution in [0.4, 0.5) is 0 Å². The van der Waals surface area contributed by atoms with E-state index in [0.29, 0.717) is 55.1 Å². The number of carbonyl (C=O) groups is 2. The Kier molecular flexibility index (Phi) is 9.66. The first-order chi connectivity index (χ1) is 20.6. The number of piperidine rings is 1. The van der Waals surface area contributed by atoms with Gasteiger partial charge in [0.2, 0.25) is 6.41 Å². The quantitative estimate of drug-likeness (QED) is 0.205. The number of nitrogens with zero attached hydrogens (tertiary/aromatic N) is 4. The topological polar surface area (TPSA) is 181 Å². The lowest BCUT2D eigenvalue weighted by atomic mass is 9.82. The van der Waals surface area contributed by atoms with Crippen LogP contribution < -0.4 is 20.9 Å². The molecule has 2 aromatic carbocycles. The van der Waals surface area contributed by atoms with E-state index >= 15 is 0 Å². The van der Waals surface area contributed by atoms with Crippen LogP contribution in [0.15, 0.2) is 47.5 Å². The maximum Gasteiger partial charge on any atom is 0.340 e. The lowest BCUT2D eigenvalue weighted by molar-refractivity contribution is -0.121. The van der Waals surface area contributed by atoms with Crippen molar-refractivity contribution >= 4 is 12.2 Å². The number of rotatable bonds is 4. The van der Waals surface area contributed by atoms with Crippen molar-refractivity contribution in [1.29, 1.82) is 0 Å². The van der Waals surface area contributed by atoms with E-state index in [-0.39, 0.29) is 5.78 Å². The Balaban J connectivity index is 0.000000193. The van der Waals surface area contributed by atoms with Gasteiger partial charge in [-0.3, -0.25) is 14.6 Å². The molecular weight excluding hydrogens is 554 g/mol. The molecule has 1 amide bonds. The summed E-state index contributed by atoms with van der Waals surface area (Å²) in [6.07, 6.45) is 5.59. The van der Waals surface area contributed by atoms with Crippen LogP contribution in [0.2, 0.25) is 0 Å². The summed E-state index contributed by atoms with van der Waals surface area (Å²) in [7, 11) is 1.64. The third-order valence-electron chi connectivity index (χ3n) is 7.24. The number of ether oxygens (including phenoxy) is 2. The molecule has 13 heteroatoms. The number of methoxy groups -OCH3 is 1. The van der Waals surface area contributed by atoms with Gasteiger partial charge in [0.05, 0.1) is 31.5 Å². The highest BCUT2D eigenvalue weighted by atomic mass is 16.5. The third-order valence-corrected chi connectivity index (χ3v) is 7.24. The molecular formula is C30H37N7O6. The lowest BCUT2D eigenvalue weighted by Gasteiger charge is -2.43. The number of H-pyrrole nitrogens is 2. The zero-order chi connectivity index (χ0) is 31.1. The molecule has 5 N–H and O–H groups in total. The average Bonchev–Trinajstić information content (AvgIpc) is 3.61. The zero-order valence-corrected chi connectivity index (χ0v) is 24.7. The molecule has 1 saturated heterocycles. The number of hydrogen-bond acceptors (Lipinski definition) is 9. The van der Waals surface area contributed by atoms with E-state index in [0.717, 1.165) is 45.8 Å². The number of amides is 1. The van der Waals surface area contributed by atoms with Gasteiger partial charge in [-0.1, -0.05) is 13.0 Å². The molecule has 0 unspecified atom stereocenters. The Bertz CT molecular complexity index is 1630. The van der Waals surface area contributed by atoms with Gasteiger partial charge in [0.15, 0.2) is 11.6 Å². The maximum absolute atomic E-state index is 12.6. The van der Waals surface area contributed by atoms with E-state index in [1.165, 1.54) is 0 Å². The highest BCUT2D eigenvalue weighted by molar-refractivity contribution is 6.01. The monoisotopic (exact) mass is 591 g/mol. The smallest absolute Gasteiger partial charge is 0.340 e. The minimum absolute atomic E-state index is 0.00976. The van der Waals surface area contributed by atoms with Crippen LogP contribution in [0, 0.1) is 13.8 Å². The second-order valence-electron chi connectivity index (χ2n) is 10.5. The second-order valence-corrected chi connectivity index (χ2v) is 10.5. The molecule has 2 aliphatic rings. The van der Waals surface area contributed by atoms with Crippen molar-refractivity contribution in [1.82, 2.24) is 30.0 Å². The molecule has 4 heterocycles. The number of aromatic nitrogens is 5.